The molecular formula is C85H128O17P2. The Kier molecular flexibility index (Phi) is 69.5. The average molecular weight is 1480 g/mol. The summed E-state index contributed by atoms with van der Waals surface area (Å²) in [5, 5.41) is 10.6. The van der Waals surface area contributed by atoms with Crippen molar-refractivity contribution in [2.45, 2.75) is 239 Å². The predicted molar refractivity (Wildman–Crippen MR) is 426 cm³/mol. The molecule has 0 radical (unpaired) electrons. The van der Waals surface area contributed by atoms with Crippen molar-refractivity contribution in [3.63, 3.8) is 0 Å². The number of ether oxygens (including phenoxy) is 4. The van der Waals surface area contributed by atoms with Crippen molar-refractivity contribution in [2.24, 2.45) is 0 Å². The van der Waals surface area contributed by atoms with Crippen LogP contribution in [-0.4, -0.2) is 96.7 Å². The van der Waals surface area contributed by atoms with Crippen molar-refractivity contribution in [3.05, 3.63) is 231 Å². The number of rotatable bonds is 67. The highest BCUT2D eigenvalue weighted by Crippen LogP contribution is 2.45. The number of phosphoric ester groups is 2. The minimum absolute atomic E-state index is 0.00962. The Morgan fingerprint density at radius 1 is 0.279 bits per heavy atom. The maximum absolute atomic E-state index is 13.1. The Balaban J connectivity index is 5.60. The number of aliphatic hydroxyl groups excluding tert-OH is 1. The van der Waals surface area contributed by atoms with Crippen LogP contribution in [0.1, 0.15) is 220 Å². The van der Waals surface area contributed by atoms with Crippen LogP contribution in [0.5, 0.6) is 0 Å². The largest absolute Gasteiger partial charge is 0.472 e. The van der Waals surface area contributed by atoms with E-state index in [0.29, 0.717) is 44.9 Å². The molecule has 104 heavy (non-hydrogen) atoms. The van der Waals surface area contributed by atoms with E-state index in [1.807, 2.05) is 48.6 Å². The molecule has 0 aromatic rings. The van der Waals surface area contributed by atoms with Gasteiger partial charge in [0, 0.05) is 19.3 Å². The molecule has 5 atom stereocenters. The molecule has 0 rings (SSSR count). The Morgan fingerprint density at radius 2 is 0.519 bits per heavy atom. The van der Waals surface area contributed by atoms with Crippen LogP contribution < -0.4 is 0 Å². The topological polar surface area (TPSA) is 237 Å². The zero-order valence-electron chi connectivity index (χ0n) is 63.1. The highest BCUT2D eigenvalue weighted by Gasteiger charge is 2.30. The van der Waals surface area contributed by atoms with Crippen molar-refractivity contribution >= 4 is 39.5 Å². The van der Waals surface area contributed by atoms with Gasteiger partial charge in [0.15, 0.2) is 12.2 Å². The molecule has 0 saturated carbocycles. The van der Waals surface area contributed by atoms with Crippen molar-refractivity contribution in [2.75, 3.05) is 39.6 Å². The molecule has 0 aromatic heterocycles. The molecule has 19 heteroatoms. The smallest absolute Gasteiger partial charge is 0.462 e. The van der Waals surface area contributed by atoms with Crippen LogP contribution in [0.15, 0.2) is 231 Å². The van der Waals surface area contributed by atoms with Gasteiger partial charge in [-0.3, -0.25) is 37.3 Å². The lowest BCUT2D eigenvalue weighted by Crippen LogP contribution is -2.30. The first-order valence-electron chi connectivity index (χ1n) is 37.6. The number of unbranched alkanes of at least 4 members (excludes halogenated alkanes) is 4. The normalized spacial score (nSPS) is 15.2. The highest BCUT2D eigenvalue weighted by molar-refractivity contribution is 7.47. The SMILES string of the molecule is CC/C=C\C/C=C\C/C=C\C/C=C\C/C=C\C/C=C\CCC(=O)OCC(COP(=O)(O)OCC(O)COP(=O)(O)OCC(COC(=O)C/C=C\C/C=C\C/C=C\C/C=C\C/C=C\CC)OC(=O)CCCC/C=C\C/C=C\C/C=C\C/C=C\CC)OC(=O)CCCC/C=C\C/C=C\C/C=C\C/C=C\CC. The molecule has 3 N–H and O–H groups in total. The minimum atomic E-state index is -5.03. The van der Waals surface area contributed by atoms with Gasteiger partial charge in [-0.1, -0.05) is 259 Å². The molecule has 0 aliphatic carbocycles. The van der Waals surface area contributed by atoms with E-state index >= 15 is 0 Å². The van der Waals surface area contributed by atoms with E-state index in [9.17, 15) is 43.2 Å². The summed E-state index contributed by atoms with van der Waals surface area (Å²) in [7, 11) is -10.1. The molecule has 580 valence electrons. The molecule has 0 saturated heterocycles. The van der Waals surface area contributed by atoms with Gasteiger partial charge in [-0.2, -0.15) is 0 Å². The van der Waals surface area contributed by atoms with E-state index in [1.54, 1.807) is 6.08 Å². The van der Waals surface area contributed by atoms with E-state index in [-0.39, 0.29) is 25.7 Å². The van der Waals surface area contributed by atoms with Gasteiger partial charge in [0.25, 0.3) is 0 Å². The molecule has 0 heterocycles. The van der Waals surface area contributed by atoms with Crippen LogP contribution in [0.4, 0.5) is 0 Å². The summed E-state index contributed by atoms with van der Waals surface area (Å²) in [5.74, 6) is -2.56. The van der Waals surface area contributed by atoms with E-state index < -0.39 is 97.5 Å². The fraction of sp³-hybridized carbons (Fsp3) is 0.506. The zero-order valence-corrected chi connectivity index (χ0v) is 64.9. The number of aliphatic hydroxyl groups is 1. The number of carbonyl (C=O) groups excluding carboxylic acids is 4. The number of hydrogen-bond donors (Lipinski definition) is 3. The third-order valence-corrected chi connectivity index (χ3v) is 16.1. The molecule has 0 aliphatic heterocycles. The molecule has 5 unspecified atom stereocenters. The summed E-state index contributed by atoms with van der Waals surface area (Å²) >= 11 is 0. The number of hydrogen-bond acceptors (Lipinski definition) is 15. The molecule has 0 aliphatic rings. The van der Waals surface area contributed by atoms with E-state index in [0.717, 1.165) is 122 Å². The van der Waals surface area contributed by atoms with Crippen molar-refractivity contribution in [1.29, 1.82) is 0 Å². The lowest BCUT2D eigenvalue weighted by atomic mass is 10.2. The third-order valence-electron chi connectivity index (χ3n) is 14.2. The van der Waals surface area contributed by atoms with E-state index in [2.05, 4.69) is 204 Å². The summed E-state index contributed by atoms with van der Waals surface area (Å²) in [6, 6.07) is 0. The lowest BCUT2D eigenvalue weighted by Gasteiger charge is -2.21. The fourth-order valence-electron chi connectivity index (χ4n) is 8.59. The average Bonchev–Trinajstić information content (AvgIpc) is 0.918. The summed E-state index contributed by atoms with van der Waals surface area (Å²) < 4.78 is 68.1. The number of esters is 4. The maximum atomic E-state index is 13.1. The van der Waals surface area contributed by atoms with Gasteiger partial charge in [-0.15, -0.1) is 0 Å². The first kappa shape index (κ1) is 97.1. The summed E-state index contributed by atoms with van der Waals surface area (Å²) in [6.07, 6.45) is 95.3. The first-order valence-corrected chi connectivity index (χ1v) is 40.6. The van der Waals surface area contributed by atoms with Gasteiger partial charge in [0.1, 0.15) is 19.3 Å². The monoisotopic (exact) mass is 1480 g/mol. The van der Waals surface area contributed by atoms with Crippen molar-refractivity contribution in [3.8, 4) is 0 Å². The van der Waals surface area contributed by atoms with Crippen LogP contribution in [-0.2, 0) is 65.4 Å². The zero-order chi connectivity index (χ0) is 76.0. The van der Waals surface area contributed by atoms with Gasteiger partial charge >= 0.3 is 39.5 Å². The first-order chi connectivity index (χ1) is 50.7. The summed E-state index contributed by atoms with van der Waals surface area (Å²) in [5.41, 5.74) is 0. The van der Waals surface area contributed by atoms with Gasteiger partial charge in [-0.05, 0) is 167 Å². The van der Waals surface area contributed by atoms with E-state index in [4.69, 9.17) is 37.0 Å². The Labute approximate surface area is 625 Å². The van der Waals surface area contributed by atoms with Crippen LogP contribution in [0.2, 0.25) is 0 Å². The highest BCUT2D eigenvalue weighted by atomic mass is 31.2. The standard InChI is InChI=1S/C85H128O17P2/c1-5-9-13-17-21-25-29-33-37-38-39-40-44-46-50-54-58-62-66-70-83(88)96-76-81(102-85(90)72-68-64-60-56-52-48-43-36-32-28-24-20-16-12-8-4)78-100-104(93,94)98-74-79(86)73-97-103(91,92)99-77-80(101-84(89)71-67-63-59-55-51-47-42-35-31-27-23-19-15-11-7-3)75-95-82(87)69-65-61-57-53-49-45-41-34-30-26-22-18-14-10-6-2/h9-16,21-28,33-37,39-43,46,49-53,55-56,58,61-62,65,79-81,86H,5-8,17-20,29-32,38,44-45,47-48,54,57,59-60,63-64,66-78H2,1-4H3,(H,91,92)(H,93,94)/b13-9-,14-10-,15-11-,16-12-,25-21-,26-22-,27-23-,28-24-,37-33-,40-39-,41-34-,42-35-,43-36-,50-46-,53-49-,55-51-,56-52-,62-58-,65-61-. The minimum Gasteiger partial charge on any atom is -0.462 e. The molecular weight excluding hydrogens is 1350 g/mol. The number of carbonyl (C=O) groups is 4. The van der Waals surface area contributed by atoms with Crippen molar-refractivity contribution < 1.29 is 80.2 Å². The second-order valence-corrected chi connectivity index (χ2v) is 26.6. The van der Waals surface area contributed by atoms with Crippen molar-refractivity contribution in [1.82, 2.24) is 0 Å². The molecule has 0 aromatic carbocycles. The maximum Gasteiger partial charge on any atom is 0.472 e. The van der Waals surface area contributed by atoms with Gasteiger partial charge in [0.05, 0.1) is 32.8 Å². The molecule has 17 nitrogen and oxygen atoms in total. The second-order valence-electron chi connectivity index (χ2n) is 23.7. The molecule has 0 bridgehead atoms. The lowest BCUT2D eigenvalue weighted by molar-refractivity contribution is -0.161. The van der Waals surface area contributed by atoms with E-state index in [1.165, 1.54) is 0 Å². The van der Waals surface area contributed by atoms with Gasteiger partial charge in [0.2, 0.25) is 0 Å². The second kappa shape index (κ2) is 74.4. The molecule has 0 amide bonds. The van der Waals surface area contributed by atoms with Crippen LogP contribution >= 0.6 is 15.6 Å². The van der Waals surface area contributed by atoms with Crippen LogP contribution in [0.3, 0.4) is 0 Å². The fourth-order valence-corrected chi connectivity index (χ4v) is 10.2. The Hall–Kier alpha value is -6.88. The van der Waals surface area contributed by atoms with Gasteiger partial charge in [-0.25, -0.2) is 9.13 Å². The van der Waals surface area contributed by atoms with Crippen LogP contribution in [0.25, 0.3) is 0 Å². The van der Waals surface area contributed by atoms with Gasteiger partial charge < -0.3 is 33.8 Å². The summed E-state index contributed by atoms with van der Waals surface area (Å²) in [4.78, 5) is 72.8. The quantitative estimate of drug-likeness (QED) is 0.0169. The third kappa shape index (κ3) is 73.4. The predicted octanol–water partition coefficient (Wildman–Crippen LogP) is 21.9. The van der Waals surface area contributed by atoms with Crippen LogP contribution in [0, 0.1) is 0 Å². The molecule has 0 fully saturated rings. The Morgan fingerprint density at radius 3 is 0.808 bits per heavy atom. The summed E-state index contributed by atoms with van der Waals surface area (Å²) in [6.45, 7) is 4.04. The molecule has 0 spiro atoms. The Bertz CT molecular complexity index is 2890. The number of allylic oxidation sites excluding steroid dienone is 37. The number of phosphoric acid groups is 2.